The first-order valence-corrected chi connectivity index (χ1v) is 9.16. The number of aryl methyl sites for hydroxylation is 1. The predicted octanol–water partition coefficient (Wildman–Crippen LogP) is 3.49. The average molecular weight is 328 g/mol. The van der Waals surface area contributed by atoms with Gasteiger partial charge < -0.3 is 4.90 Å². The minimum absolute atomic E-state index is 0.0202. The molecular weight excluding hydrogens is 308 g/mol. The quantitative estimate of drug-likeness (QED) is 0.865. The number of hydrogen-bond donors (Lipinski definition) is 0. The molecule has 0 radical (unpaired) electrons. The summed E-state index contributed by atoms with van der Waals surface area (Å²) in [7, 11) is 0. The Hall–Kier alpha value is -1.82. The lowest BCUT2D eigenvalue weighted by atomic mass is 10.0. The Morgan fingerprint density at radius 3 is 2.87 bits per heavy atom. The summed E-state index contributed by atoms with van der Waals surface area (Å²) in [6, 6.07) is 1.83. The highest BCUT2D eigenvalue weighted by atomic mass is 32.1. The highest BCUT2D eigenvalue weighted by Crippen LogP contribution is 2.38. The fourth-order valence-electron chi connectivity index (χ4n) is 3.13. The molecule has 1 aliphatic carbocycles. The summed E-state index contributed by atoms with van der Waals surface area (Å²) in [5, 5.41) is 3.11. The van der Waals surface area contributed by atoms with E-state index in [1.807, 2.05) is 11.8 Å². The SMILES string of the molecule is Cc1csc(C2CCCCN2C(=O)c2ccnc(C3CC3)n2)n1. The van der Waals surface area contributed by atoms with Gasteiger partial charge >= 0.3 is 0 Å². The minimum atomic E-state index is 0.0202. The molecule has 1 atom stereocenters. The summed E-state index contributed by atoms with van der Waals surface area (Å²) in [6.45, 7) is 2.78. The molecule has 1 saturated heterocycles. The van der Waals surface area contributed by atoms with Gasteiger partial charge in [-0.25, -0.2) is 15.0 Å². The first-order chi connectivity index (χ1) is 11.2. The lowest BCUT2D eigenvalue weighted by Gasteiger charge is -2.34. The van der Waals surface area contributed by atoms with E-state index in [0.29, 0.717) is 11.6 Å². The third-order valence-corrected chi connectivity index (χ3v) is 5.59. The normalized spacial score (nSPS) is 21.4. The topological polar surface area (TPSA) is 59.0 Å². The Balaban J connectivity index is 1.61. The van der Waals surface area contributed by atoms with Gasteiger partial charge in [0.25, 0.3) is 5.91 Å². The number of piperidine rings is 1. The average Bonchev–Trinajstić information content (AvgIpc) is 3.36. The molecule has 0 aromatic carbocycles. The molecule has 2 fully saturated rings. The van der Waals surface area contributed by atoms with Gasteiger partial charge in [0.1, 0.15) is 16.5 Å². The lowest BCUT2D eigenvalue weighted by Crippen LogP contribution is -2.39. The van der Waals surface area contributed by atoms with E-state index in [4.69, 9.17) is 0 Å². The summed E-state index contributed by atoms with van der Waals surface area (Å²) in [5.41, 5.74) is 1.56. The van der Waals surface area contributed by atoms with Crippen LogP contribution in [-0.2, 0) is 0 Å². The number of nitrogens with zero attached hydrogens (tertiary/aromatic N) is 4. The fraction of sp³-hybridized carbons (Fsp3) is 0.529. The van der Waals surface area contributed by atoms with Crippen LogP contribution in [0.5, 0.6) is 0 Å². The van der Waals surface area contributed by atoms with Gasteiger partial charge in [0.15, 0.2) is 0 Å². The summed E-state index contributed by atoms with van der Waals surface area (Å²) >= 11 is 1.65. The molecule has 4 rings (SSSR count). The second kappa shape index (κ2) is 6.00. The third-order valence-electron chi connectivity index (χ3n) is 4.52. The lowest BCUT2D eigenvalue weighted by molar-refractivity contribution is 0.0604. The van der Waals surface area contributed by atoms with Crippen molar-refractivity contribution in [2.24, 2.45) is 0 Å². The van der Waals surface area contributed by atoms with Gasteiger partial charge in [-0.2, -0.15) is 0 Å². The largest absolute Gasteiger partial charge is 0.328 e. The standard InChI is InChI=1S/C17H20N4OS/c1-11-10-23-16(19-11)14-4-2-3-9-21(14)17(22)13-7-8-18-15(20-13)12-5-6-12/h7-8,10,12,14H,2-6,9H2,1H3. The molecule has 0 spiro atoms. The Kier molecular flexibility index (Phi) is 3.85. The number of thiazole rings is 1. The molecule has 5 nitrogen and oxygen atoms in total. The highest BCUT2D eigenvalue weighted by molar-refractivity contribution is 7.09. The van der Waals surface area contributed by atoms with E-state index in [-0.39, 0.29) is 11.9 Å². The molecular formula is C17H20N4OS. The van der Waals surface area contributed by atoms with Crippen molar-refractivity contribution in [1.29, 1.82) is 0 Å². The van der Waals surface area contributed by atoms with E-state index in [1.165, 1.54) is 0 Å². The van der Waals surface area contributed by atoms with E-state index >= 15 is 0 Å². The van der Waals surface area contributed by atoms with Crippen molar-refractivity contribution in [3.05, 3.63) is 39.9 Å². The van der Waals surface area contributed by atoms with Crippen LogP contribution in [0.1, 0.15) is 71.1 Å². The number of carbonyl (C=O) groups is 1. The maximum Gasteiger partial charge on any atom is 0.273 e. The number of rotatable bonds is 3. The Labute approximate surface area is 139 Å². The summed E-state index contributed by atoms with van der Waals surface area (Å²) in [4.78, 5) is 28.4. The van der Waals surface area contributed by atoms with Crippen molar-refractivity contribution in [1.82, 2.24) is 19.9 Å². The molecule has 3 heterocycles. The Bertz CT molecular complexity index is 725. The summed E-state index contributed by atoms with van der Waals surface area (Å²) in [6.07, 6.45) is 7.18. The minimum Gasteiger partial charge on any atom is -0.328 e. The third kappa shape index (κ3) is 3.00. The van der Waals surface area contributed by atoms with E-state index in [0.717, 1.165) is 55.2 Å². The van der Waals surface area contributed by atoms with Crippen LogP contribution in [0, 0.1) is 6.92 Å². The van der Waals surface area contributed by atoms with Crippen molar-refractivity contribution in [2.75, 3.05) is 6.54 Å². The smallest absolute Gasteiger partial charge is 0.273 e. The predicted molar refractivity (Wildman–Crippen MR) is 88.5 cm³/mol. The summed E-state index contributed by atoms with van der Waals surface area (Å²) < 4.78 is 0. The van der Waals surface area contributed by atoms with Gasteiger partial charge in [-0.1, -0.05) is 0 Å². The van der Waals surface area contributed by atoms with Crippen molar-refractivity contribution in [2.45, 2.75) is 51.0 Å². The van der Waals surface area contributed by atoms with Gasteiger partial charge in [0, 0.05) is 29.7 Å². The van der Waals surface area contributed by atoms with E-state index in [1.54, 1.807) is 23.6 Å². The van der Waals surface area contributed by atoms with Gasteiger partial charge in [0.05, 0.1) is 6.04 Å². The Morgan fingerprint density at radius 2 is 2.13 bits per heavy atom. The zero-order valence-corrected chi connectivity index (χ0v) is 14.1. The second-order valence-corrected chi connectivity index (χ2v) is 7.30. The first-order valence-electron chi connectivity index (χ1n) is 8.28. The molecule has 6 heteroatoms. The van der Waals surface area contributed by atoms with Gasteiger partial charge in [-0.05, 0) is 45.1 Å². The summed E-state index contributed by atoms with van der Waals surface area (Å²) in [5.74, 6) is 1.31. The van der Waals surface area contributed by atoms with E-state index in [2.05, 4.69) is 20.3 Å². The van der Waals surface area contributed by atoms with Crippen LogP contribution in [0.3, 0.4) is 0 Å². The number of carbonyl (C=O) groups excluding carboxylic acids is 1. The first kappa shape index (κ1) is 14.8. The van der Waals surface area contributed by atoms with Gasteiger partial charge in [0.2, 0.25) is 0 Å². The molecule has 23 heavy (non-hydrogen) atoms. The number of amides is 1. The van der Waals surface area contributed by atoms with Crippen molar-refractivity contribution in [3.63, 3.8) is 0 Å². The van der Waals surface area contributed by atoms with Crippen LogP contribution in [0.25, 0.3) is 0 Å². The maximum absolute atomic E-state index is 13.0. The number of hydrogen-bond acceptors (Lipinski definition) is 5. The highest BCUT2D eigenvalue weighted by Gasteiger charge is 2.32. The van der Waals surface area contributed by atoms with E-state index in [9.17, 15) is 4.79 Å². The molecule has 1 unspecified atom stereocenters. The molecule has 2 aromatic heterocycles. The molecule has 0 bridgehead atoms. The monoisotopic (exact) mass is 328 g/mol. The van der Waals surface area contributed by atoms with Crippen molar-refractivity contribution in [3.8, 4) is 0 Å². The molecule has 1 aliphatic heterocycles. The van der Waals surface area contributed by atoms with Crippen LogP contribution >= 0.6 is 11.3 Å². The number of aromatic nitrogens is 3. The maximum atomic E-state index is 13.0. The van der Waals surface area contributed by atoms with Crippen molar-refractivity contribution >= 4 is 17.2 Å². The van der Waals surface area contributed by atoms with E-state index < -0.39 is 0 Å². The van der Waals surface area contributed by atoms with Crippen LogP contribution in [0.4, 0.5) is 0 Å². The zero-order chi connectivity index (χ0) is 15.8. The molecule has 0 N–H and O–H groups in total. The molecule has 1 amide bonds. The van der Waals surface area contributed by atoms with Gasteiger partial charge in [-0.3, -0.25) is 4.79 Å². The molecule has 2 aliphatic rings. The second-order valence-electron chi connectivity index (χ2n) is 6.41. The fourth-order valence-corrected chi connectivity index (χ4v) is 4.08. The van der Waals surface area contributed by atoms with Crippen molar-refractivity contribution < 1.29 is 4.79 Å². The molecule has 120 valence electrons. The number of likely N-dealkylation sites (tertiary alicyclic amines) is 1. The van der Waals surface area contributed by atoms with Crippen LogP contribution in [-0.4, -0.2) is 32.3 Å². The zero-order valence-electron chi connectivity index (χ0n) is 13.2. The van der Waals surface area contributed by atoms with Crippen LogP contribution < -0.4 is 0 Å². The van der Waals surface area contributed by atoms with Crippen LogP contribution in [0.2, 0.25) is 0 Å². The molecule has 2 aromatic rings. The molecule has 1 saturated carbocycles. The van der Waals surface area contributed by atoms with Gasteiger partial charge in [-0.15, -0.1) is 11.3 Å². The van der Waals surface area contributed by atoms with Crippen LogP contribution in [0.15, 0.2) is 17.6 Å². The Morgan fingerprint density at radius 1 is 1.26 bits per heavy atom.